The predicted molar refractivity (Wildman–Crippen MR) is 53.7 cm³/mol. The van der Waals surface area contributed by atoms with Crippen LogP contribution in [-0.2, 0) is 0 Å². The van der Waals surface area contributed by atoms with Gasteiger partial charge in [0.05, 0.1) is 0 Å². The molecule has 0 saturated carbocycles. The van der Waals surface area contributed by atoms with E-state index < -0.39 is 0 Å². The highest BCUT2D eigenvalue weighted by atomic mass is 16.4. The Morgan fingerprint density at radius 1 is 0.692 bits per heavy atom. The number of hydrogen-bond donors (Lipinski definition) is 0. The molecule has 1 heterocycles. The first-order valence-electron chi connectivity index (χ1n) is 4.31. The topological polar surface area (TPSA) is 13.1 Å². The Hall–Kier alpha value is -1.76. The summed E-state index contributed by atoms with van der Waals surface area (Å²) in [7, 11) is 0. The summed E-state index contributed by atoms with van der Waals surface area (Å²) in [6.45, 7) is 0. The van der Waals surface area contributed by atoms with Crippen molar-refractivity contribution in [1.29, 1.82) is 0 Å². The van der Waals surface area contributed by atoms with Crippen molar-refractivity contribution in [3.8, 4) is 0 Å². The Balaban J connectivity index is 2.48. The maximum Gasteiger partial charge on any atom is 0.170 e. The van der Waals surface area contributed by atoms with Gasteiger partial charge in [-0.3, -0.25) is 0 Å². The highest BCUT2D eigenvalue weighted by molar-refractivity contribution is 5.96. The van der Waals surface area contributed by atoms with Crippen LogP contribution in [0.4, 0.5) is 0 Å². The van der Waals surface area contributed by atoms with Gasteiger partial charge in [0.25, 0.3) is 0 Å². The lowest BCUT2D eigenvalue weighted by Crippen LogP contribution is -1.63. The number of rotatable bonds is 0. The molecule has 3 rings (SSSR count). The van der Waals surface area contributed by atoms with Gasteiger partial charge in [-0.1, -0.05) is 36.4 Å². The van der Waals surface area contributed by atoms with Gasteiger partial charge in [0.1, 0.15) is 0 Å². The molecular formula is C12H8O. The maximum absolute atomic E-state index is 5.24. The van der Waals surface area contributed by atoms with Crippen molar-refractivity contribution < 1.29 is 4.42 Å². The lowest BCUT2D eigenvalue weighted by atomic mass is 10.1. The Labute approximate surface area is 75.6 Å². The van der Waals surface area contributed by atoms with E-state index in [9.17, 15) is 0 Å². The molecule has 0 aliphatic carbocycles. The van der Waals surface area contributed by atoms with E-state index in [0.29, 0.717) is 0 Å². The van der Waals surface area contributed by atoms with Crippen LogP contribution < -0.4 is 0 Å². The molecule has 0 spiro atoms. The summed E-state index contributed by atoms with van der Waals surface area (Å²) in [6.07, 6.45) is 0. The zero-order valence-corrected chi connectivity index (χ0v) is 7.03. The lowest BCUT2D eigenvalue weighted by molar-refractivity contribution is 0.757. The third kappa shape index (κ3) is 1.09. The van der Waals surface area contributed by atoms with E-state index in [4.69, 9.17) is 4.42 Å². The van der Waals surface area contributed by atoms with Crippen molar-refractivity contribution in [1.82, 2.24) is 0 Å². The molecule has 1 aromatic heterocycles. The van der Waals surface area contributed by atoms with Gasteiger partial charge in [0.15, 0.2) is 11.2 Å². The molecule has 1 nitrogen and oxygen atoms in total. The highest BCUT2D eigenvalue weighted by Crippen LogP contribution is 2.28. The highest BCUT2D eigenvalue weighted by Gasteiger charge is 2.05. The molecule has 0 radical (unpaired) electrons. The second kappa shape index (κ2) is 2.36. The summed E-state index contributed by atoms with van der Waals surface area (Å²) >= 11 is 0. The molecule has 0 fully saturated rings. The van der Waals surface area contributed by atoms with Gasteiger partial charge < -0.3 is 4.42 Å². The first kappa shape index (κ1) is 6.72. The molecule has 0 aliphatic rings. The van der Waals surface area contributed by atoms with Crippen molar-refractivity contribution in [3.05, 3.63) is 48.5 Å². The summed E-state index contributed by atoms with van der Waals surface area (Å²) in [5, 5.41) is 2.44. The van der Waals surface area contributed by atoms with Crippen LogP contribution in [0.25, 0.3) is 21.9 Å². The molecule has 0 atom stereocenters. The van der Waals surface area contributed by atoms with Crippen LogP contribution >= 0.6 is 0 Å². The zero-order chi connectivity index (χ0) is 8.67. The van der Waals surface area contributed by atoms with E-state index in [1.165, 1.54) is 10.8 Å². The van der Waals surface area contributed by atoms with Crippen LogP contribution in [0.2, 0.25) is 0 Å². The van der Waals surface area contributed by atoms with Gasteiger partial charge >= 0.3 is 0 Å². The zero-order valence-electron chi connectivity index (χ0n) is 7.03. The quantitative estimate of drug-likeness (QED) is 0.500. The van der Waals surface area contributed by atoms with Crippen LogP contribution in [0.5, 0.6) is 0 Å². The van der Waals surface area contributed by atoms with Crippen molar-refractivity contribution in [2.45, 2.75) is 0 Å². The van der Waals surface area contributed by atoms with E-state index in [1.807, 2.05) is 24.3 Å². The third-order valence-corrected chi connectivity index (χ3v) is 2.21. The molecule has 2 aromatic carbocycles. The first-order chi connectivity index (χ1) is 6.43. The second-order valence-electron chi connectivity index (χ2n) is 3.13. The smallest absolute Gasteiger partial charge is 0.170 e. The number of hydrogen-bond acceptors (Lipinski definition) is 1. The Morgan fingerprint density at radius 3 is 1.77 bits per heavy atom. The van der Waals surface area contributed by atoms with Gasteiger partial charge in [-0.15, -0.1) is 0 Å². The van der Waals surface area contributed by atoms with Crippen molar-refractivity contribution in [2.75, 3.05) is 0 Å². The van der Waals surface area contributed by atoms with E-state index >= 15 is 0 Å². The van der Waals surface area contributed by atoms with Crippen LogP contribution in [-0.4, -0.2) is 0 Å². The third-order valence-electron chi connectivity index (χ3n) is 2.21. The first-order valence-corrected chi connectivity index (χ1v) is 4.31. The van der Waals surface area contributed by atoms with Crippen molar-refractivity contribution in [3.63, 3.8) is 0 Å². The number of fused-ring (bicyclic) bond motifs is 2. The summed E-state index contributed by atoms with van der Waals surface area (Å²) in [4.78, 5) is 0. The Kier molecular flexibility index (Phi) is 1.22. The van der Waals surface area contributed by atoms with Gasteiger partial charge in [0.2, 0.25) is 0 Å². The minimum atomic E-state index is 1.02. The molecule has 0 bridgehead atoms. The molecule has 3 aromatic rings. The van der Waals surface area contributed by atoms with Gasteiger partial charge in [-0.2, -0.15) is 0 Å². The molecule has 13 heavy (non-hydrogen) atoms. The van der Waals surface area contributed by atoms with Gasteiger partial charge in [-0.05, 0) is 22.9 Å². The number of benzene rings is 1. The monoisotopic (exact) mass is 168 g/mol. The normalized spacial score (nSPS) is 11.1. The Morgan fingerprint density at radius 2 is 1.23 bits per heavy atom. The van der Waals surface area contributed by atoms with Crippen molar-refractivity contribution in [2.24, 2.45) is 0 Å². The molecule has 0 unspecified atom stereocenters. The summed E-state index contributed by atoms with van der Waals surface area (Å²) in [5.41, 5.74) is 2.03. The van der Waals surface area contributed by atoms with Crippen molar-refractivity contribution >= 4 is 21.9 Å². The minimum absolute atomic E-state index is 1.02. The average Bonchev–Trinajstić information content (AvgIpc) is 2.82. The summed E-state index contributed by atoms with van der Waals surface area (Å²) in [6, 6.07) is 16.5. The molecular weight excluding hydrogens is 160 g/mol. The maximum atomic E-state index is 5.24. The molecule has 0 amide bonds. The second-order valence-corrected chi connectivity index (χ2v) is 3.13. The fourth-order valence-corrected chi connectivity index (χ4v) is 1.48. The standard InChI is InChI=1S/C12H8O/c1-2-4-6-10-8-12-11(13-12)7-9(10)5-3-1/h1-8H. The van der Waals surface area contributed by atoms with Gasteiger partial charge in [0, 0.05) is 0 Å². The Bertz CT molecular complexity index is 514. The van der Waals surface area contributed by atoms with Crippen LogP contribution in [0.1, 0.15) is 0 Å². The van der Waals surface area contributed by atoms with E-state index in [1.54, 1.807) is 0 Å². The summed E-state index contributed by atoms with van der Waals surface area (Å²) < 4.78 is 5.24. The van der Waals surface area contributed by atoms with E-state index in [-0.39, 0.29) is 0 Å². The van der Waals surface area contributed by atoms with Crippen LogP contribution in [0.3, 0.4) is 0 Å². The van der Waals surface area contributed by atoms with E-state index in [0.717, 1.165) is 11.2 Å². The SMILES string of the molecule is c1cccc2cc3oc3cc2cc1. The molecule has 1 heteroatoms. The largest absolute Gasteiger partial charge is 0.449 e. The average molecular weight is 168 g/mol. The molecule has 0 N–H and O–H groups in total. The summed E-state index contributed by atoms with van der Waals surface area (Å²) in [5.74, 6) is 0. The molecule has 0 saturated heterocycles. The molecule has 0 aliphatic heterocycles. The minimum Gasteiger partial charge on any atom is -0.449 e. The van der Waals surface area contributed by atoms with Gasteiger partial charge in [-0.25, -0.2) is 0 Å². The van der Waals surface area contributed by atoms with Crippen LogP contribution in [0, 0.1) is 0 Å². The predicted octanol–water partition coefficient (Wildman–Crippen LogP) is 3.59. The van der Waals surface area contributed by atoms with Crippen LogP contribution in [0.15, 0.2) is 52.9 Å². The molecule has 62 valence electrons. The fourth-order valence-electron chi connectivity index (χ4n) is 1.48. The lowest BCUT2D eigenvalue weighted by Gasteiger charge is -1.87. The fraction of sp³-hybridized carbons (Fsp3) is 0. The van der Waals surface area contributed by atoms with E-state index in [2.05, 4.69) is 24.3 Å².